The largest absolute Gasteiger partial charge is 0.396 e. The molecule has 5 heteroatoms. The van der Waals surface area contributed by atoms with E-state index in [1.54, 1.807) is 12.4 Å². The van der Waals surface area contributed by atoms with Crippen molar-refractivity contribution >= 4 is 6.03 Å². The molecular weight excluding hydrogens is 266 g/mol. The van der Waals surface area contributed by atoms with Gasteiger partial charge in [0.05, 0.1) is 0 Å². The number of rotatable bonds is 7. The summed E-state index contributed by atoms with van der Waals surface area (Å²) >= 11 is 0. The van der Waals surface area contributed by atoms with Crippen molar-refractivity contribution in [1.29, 1.82) is 0 Å². The topological polar surface area (TPSA) is 74.2 Å². The van der Waals surface area contributed by atoms with Gasteiger partial charge in [-0.3, -0.25) is 4.98 Å². The maximum absolute atomic E-state index is 12.0. The lowest BCUT2D eigenvalue weighted by Crippen LogP contribution is -2.47. The van der Waals surface area contributed by atoms with Gasteiger partial charge in [-0.1, -0.05) is 27.7 Å². The van der Waals surface area contributed by atoms with Crippen molar-refractivity contribution in [3.8, 4) is 0 Å². The number of aromatic nitrogens is 1. The molecule has 0 aliphatic rings. The Kier molecular flexibility index (Phi) is 6.62. The molecule has 3 N–H and O–H groups in total. The summed E-state index contributed by atoms with van der Waals surface area (Å²) in [6, 6.07) is 3.72. The zero-order valence-electron chi connectivity index (χ0n) is 13.4. The molecule has 5 nitrogen and oxygen atoms in total. The smallest absolute Gasteiger partial charge is 0.315 e. The van der Waals surface area contributed by atoms with Gasteiger partial charge in [0, 0.05) is 37.0 Å². The van der Waals surface area contributed by atoms with Crippen molar-refractivity contribution in [2.24, 2.45) is 5.92 Å². The lowest BCUT2D eigenvalue weighted by Gasteiger charge is -2.27. The van der Waals surface area contributed by atoms with Crippen molar-refractivity contribution < 1.29 is 9.90 Å². The number of carbonyl (C=O) groups is 1. The average Bonchev–Trinajstić information content (AvgIpc) is 2.45. The number of hydrogen-bond acceptors (Lipinski definition) is 3. The quantitative estimate of drug-likeness (QED) is 0.720. The van der Waals surface area contributed by atoms with E-state index in [0.29, 0.717) is 13.0 Å². The van der Waals surface area contributed by atoms with E-state index in [9.17, 15) is 4.79 Å². The van der Waals surface area contributed by atoms with Gasteiger partial charge < -0.3 is 15.7 Å². The standard InChI is InChI=1S/C16H27N3O2/c1-12(2)14(7-10-20)19-15(21)18-11-16(3,4)13-5-8-17-9-6-13/h5-6,8-9,12,14,20H,7,10-11H2,1-4H3,(H2,18,19,21). The van der Waals surface area contributed by atoms with Crippen LogP contribution in [0.3, 0.4) is 0 Å². The fourth-order valence-corrected chi connectivity index (χ4v) is 2.14. The van der Waals surface area contributed by atoms with Gasteiger partial charge in [-0.2, -0.15) is 0 Å². The minimum atomic E-state index is -0.190. The van der Waals surface area contributed by atoms with Gasteiger partial charge >= 0.3 is 6.03 Å². The second kappa shape index (κ2) is 7.98. The summed E-state index contributed by atoms with van der Waals surface area (Å²) in [5, 5.41) is 14.9. The van der Waals surface area contributed by atoms with Crippen LogP contribution < -0.4 is 10.6 Å². The maximum Gasteiger partial charge on any atom is 0.315 e. The highest BCUT2D eigenvalue weighted by Gasteiger charge is 2.22. The first kappa shape index (κ1) is 17.4. The zero-order chi connectivity index (χ0) is 15.9. The number of pyridine rings is 1. The maximum atomic E-state index is 12.0. The van der Waals surface area contributed by atoms with Crippen LogP contribution in [0.25, 0.3) is 0 Å². The van der Waals surface area contributed by atoms with Crippen LogP contribution in [0.4, 0.5) is 4.79 Å². The molecular formula is C16H27N3O2. The highest BCUT2D eigenvalue weighted by Crippen LogP contribution is 2.21. The Morgan fingerprint density at radius 3 is 2.48 bits per heavy atom. The molecule has 0 saturated carbocycles. The molecule has 1 rings (SSSR count). The van der Waals surface area contributed by atoms with E-state index in [-0.39, 0.29) is 30.0 Å². The second-order valence-corrected chi connectivity index (χ2v) is 6.31. The van der Waals surface area contributed by atoms with Crippen LogP contribution in [0.5, 0.6) is 0 Å². The van der Waals surface area contributed by atoms with Gasteiger partial charge in [0.2, 0.25) is 0 Å². The van der Waals surface area contributed by atoms with Gasteiger partial charge in [0.15, 0.2) is 0 Å². The monoisotopic (exact) mass is 293 g/mol. The normalized spacial score (nSPS) is 13.0. The predicted octanol–water partition coefficient (Wildman–Crippen LogP) is 2.07. The van der Waals surface area contributed by atoms with Crippen molar-refractivity contribution in [2.75, 3.05) is 13.2 Å². The van der Waals surface area contributed by atoms with E-state index in [1.807, 2.05) is 26.0 Å². The van der Waals surface area contributed by atoms with E-state index in [2.05, 4.69) is 29.5 Å². The Labute approximate surface area is 127 Å². The molecule has 1 heterocycles. The molecule has 1 aromatic rings. The van der Waals surface area contributed by atoms with Crippen LogP contribution in [0.2, 0.25) is 0 Å². The highest BCUT2D eigenvalue weighted by atomic mass is 16.3. The minimum absolute atomic E-state index is 0.0148. The predicted molar refractivity (Wildman–Crippen MR) is 84.1 cm³/mol. The Hall–Kier alpha value is -1.62. The van der Waals surface area contributed by atoms with E-state index < -0.39 is 0 Å². The van der Waals surface area contributed by atoms with Crippen LogP contribution in [0.15, 0.2) is 24.5 Å². The number of hydrogen-bond donors (Lipinski definition) is 3. The Balaban J connectivity index is 2.52. The molecule has 0 spiro atoms. The molecule has 0 bridgehead atoms. The third-order valence-corrected chi connectivity index (χ3v) is 3.71. The molecule has 118 valence electrons. The van der Waals surface area contributed by atoms with Crippen LogP contribution in [-0.4, -0.2) is 35.3 Å². The Bertz CT molecular complexity index is 432. The Morgan fingerprint density at radius 2 is 1.95 bits per heavy atom. The van der Waals surface area contributed by atoms with Crippen LogP contribution >= 0.6 is 0 Å². The molecule has 0 aromatic carbocycles. The SMILES string of the molecule is CC(C)C(CCO)NC(=O)NCC(C)(C)c1ccncc1. The molecule has 0 fully saturated rings. The minimum Gasteiger partial charge on any atom is -0.396 e. The van der Waals surface area contributed by atoms with Crippen molar-refractivity contribution in [2.45, 2.75) is 45.6 Å². The molecule has 0 radical (unpaired) electrons. The van der Waals surface area contributed by atoms with Crippen LogP contribution in [0, 0.1) is 5.92 Å². The lowest BCUT2D eigenvalue weighted by atomic mass is 9.85. The second-order valence-electron chi connectivity index (χ2n) is 6.31. The van der Waals surface area contributed by atoms with E-state index >= 15 is 0 Å². The molecule has 0 aliphatic heterocycles. The van der Waals surface area contributed by atoms with Crippen molar-refractivity contribution in [3.05, 3.63) is 30.1 Å². The number of carbonyl (C=O) groups excluding carboxylic acids is 1. The first-order valence-electron chi connectivity index (χ1n) is 7.42. The summed E-state index contributed by atoms with van der Waals surface area (Å²) in [7, 11) is 0. The number of amides is 2. The molecule has 1 atom stereocenters. The number of aliphatic hydroxyl groups excluding tert-OH is 1. The van der Waals surface area contributed by atoms with Gasteiger partial charge in [-0.25, -0.2) is 4.79 Å². The number of nitrogens with one attached hydrogen (secondary N) is 2. The number of aliphatic hydroxyl groups is 1. The van der Waals surface area contributed by atoms with E-state index in [0.717, 1.165) is 5.56 Å². The number of urea groups is 1. The molecule has 0 aliphatic carbocycles. The first-order valence-corrected chi connectivity index (χ1v) is 7.42. The fourth-order valence-electron chi connectivity index (χ4n) is 2.14. The van der Waals surface area contributed by atoms with E-state index in [4.69, 9.17) is 5.11 Å². The van der Waals surface area contributed by atoms with Gasteiger partial charge in [-0.05, 0) is 30.0 Å². The van der Waals surface area contributed by atoms with Crippen molar-refractivity contribution in [1.82, 2.24) is 15.6 Å². The third-order valence-electron chi connectivity index (χ3n) is 3.71. The first-order chi connectivity index (χ1) is 9.86. The summed E-state index contributed by atoms with van der Waals surface area (Å²) in [5.41, 5.74) is 0.971. The molecule has 1 unspecified atom stereocenters. The molecule has 2 amide bonds. The van der Waals surface area contributed by atoms with E-state index in [1.165, 1.54) is 0 Å². The van der Waals surface area contributed by atoms with Gasteiger partial charge in [0.25, 0.3) is 0 Å². The summed E-state index contributed by atoms with van der Waals surface area (Å²) in [6.45, 7) is 8.83. The zero-order valence-corrected chi connectivity index (χ0v) is 13.4. The molecule has 0 saturated heterocycles. The molecule has 1 aromatic heterocycles. The summed E-state index contributed by atoms with van der Waals surface area (Å²) in [6.07, 6.45) is 4.08. The number of nitrogens with zero attached hydrogens (tertiary/aromatic N) is 1. The summed E-state index contributed by atoms with van der Waals surface area (Å²) in [5.74, 6) is 0.288. The summed E-state index contributed by atoms with van der Waals surface area (Å²) in [4.78, 5) is 16.0. The Morgan fingerprint density at radius 1 is 1.33 bits per heavy atom. The average molecular weight is 293 g/mol. The third kappa shape index (κ3) is 5.71. The fraction of sp³-hybridized carbons (Fsp3) is 0.625. The lowest BCUT2D eigenvalue weighted by molar-refractivity contribution is 0.217. The van der Waals surface area contributed by atoms with Crippen LogP contribution in [-0.2, 0) is 5.41 Å². The van der Waals surface area contributed by atoms with Gasteiger partial charge in [0.1, 0.15) is 0 Å². The van der Waals surface area contributed by atoms with Crippen LogP contribution in [0.1, 0.15) is 39.7 Å². The highest BCUT2D eigenvalue weighted by molar-refractivity contribution is 5.74. The summed E-state index contributed by atoms with van der Waals surface area (Å²) < 4.78 is 0. The van der Waals surface area contributed by atoms with Gasteiger partial charge in [-0.15, -0.1) is 0 Å². The molecule has 21 heavy (non-hydrogen) atoms. The van der Waals surface area contributed by atoms with Crippen molar-refractivity contribution in [3.63, 3.8) is 0 Å².